The number of nitrogens with zero attached hydrogens (tertiary/aromatic N) is 1. The minimum atomic E-state index is 0.0180. The van der Waals surface area contributed by atoms with E-state index in [0.717, 1.165) is 17.3 Å². The molecule has 1 heterocycles. The Labute approximate surface area is 97.9 Å². The summed E-state index contributed by atoms with van der Waals surface area (Å²) in [5.41, 5.74) is 2.04. The van der Waals surface area contributed by atoms with Crippen LogP contribution in [0.25, 0.3) is 0 Å². The zero-order valence-electron chi connectivity index (χ0n) is 8.58. The van der Waals surface area contributed by atoms with Crippen LogP contribution in [0.4, 0.5) is 0 Å². The van der Waals surface area contributed by atoms with Gasteiger partial charge >= 0.3 is 0 Å². The fourth-order valence-corrected chi connectivity index (χ4v) is 2.03. The van der Waals surface area contributed by atoms with Gasteiger partial charge in [-0.25, -0.2) is 0 Å². The van der Waals surface area contributed by atoms with E-state index < -0.39 is 0 Å². The molecule has 15 heavy (non-hydrogen) atoms. The van der Waals surface area contributed by atoms with Crippen LogP contribution in [0.5, 0.6) is 5.75 Å². The summed E-state index contributed by atoms with van der Waals surface area (Å²) in [6, 6.07) is 0. The summed E-state index contributed by atoms with van der Waals surface area (Å²) in [5.74, 6) is 0.864. The summed E-state index contributed by atoms with van der Waals surface area (Å²) < 4.78 is 0. The number of aromatic nitrogens is 1. The molecule has 1 N–H and O–H groups in total. The van der Waals surface area contributed by atoms with Gasteiger partial charge in [-0.05, 0) is 12.5 Å². The number of carbonyl (C=O) groups is 1. The van der Waals surface area contributed by atoms with Gasteiger partial charge in [0.1, 0.15) is 5.75 Å². The highest BCUT2D eigenvalue weighted by Crippen LogP contribution is 2.28. The van der Waals surface area contributed by atoms with E-state index in [9.17, 15) is 9.90 Å². The van der Waals surface area contributed by atoms with Crippen molar-refractivity contribution in [3.8, 4) is 5.75 Å². The molecule has 1 rings (SSSR count). The Hall–Kier alpha value is -0.740. The van der Waals surface area contributed by atoms with E-state index in [0.29, 0.717) is 17.0 Å². The first-order valence-corrected chi connectivity index (χ1v) is 5.94. The molecule has 0 atom stereocenters. The number of aryl methyl sites for hydroxylation is 1. The molecule has 3 nitrogen and oxygen atoms in total. The van der Waals surface area contributed by atoms with E-state index >= 15 is 0 Å². The second-order valence-electron chi connectivity index (χ2n) is 3.11. The van der Waals surface area contributed by atoms with Gasteiger partial charge in [-0.1, -0.05) is 11.8 Å². The first-order chi connectivity index (χ1) is 7.06. The first-order valence-electron chi connectivity index (χ1n) is 4.42. The van der Waals surface area contributed by atoms with Gasteiger partial charge in [-0.3, -0.25) is 9.78 Å². The number of hydrogen-bond donors (Lipinski definition) is 1. The lowest BCUT2D eigenvalue weighted by Crippen LogP contribution is -1.96. The van der Waals surface area contributed by atoms with Crippen LogP contribution in [0.15, 0.2) is 6.20 Å². The van der Waals surface area contributed by atoms with Crippen LogP contribution in [-0.4, -0.2) is 15.2 Å². The Bertz CT molecular complexity index is 382. The smallest absolute Gasteiger partial charge is 0.186 e. The van der Waals surface area contributed by atoms with Crippen molar-refractivity contribution in [1.29, 1.82) is 0 Å². The molecule has 0 aliphatic heterocycles. The normalized spacial score (nSPS) is 10.3. The van der Waals surface area contributed by atoms with Crippen LogP contribution < -0.4 is 0 Å². The molecule has 0 saturated carbocycles. The number of pyridine rings is 1. The van der Waals surface area contributed by atoms with Crippen LogP contribution in [0.1, 0.15) is 23.7 Å². The van der Waals surface area contributed by atoms with E-state index in [1.807, 2.05) is 0 Å². The van der Waals surface area contributed by atoms with Gasteiger partial charge in [0.2, 0.25) is 0 Å². The predicted molar refractivity (Wildman–Crippen MR) is 62.2 cm³/mol. The summed E-state index contributed by atoms with van der Waals surface area (Å²) in [6.07, 6.45) is 1.64. The Morgan fingerprint density at radius 3 is 2.87 bits per heavy atom. The molecule has 0 aliphatic carbocycles. The zero-order valence-corrected chi connectivity index (χ0v) is 10.2. The Morgan fingerprint density at radius 1 is 1.67 bits per heavy atom. The lowest BCUT2D eigenvalue weighted by Gasteiger charge is -2.09. The number of aromatic hydroxyl groups is 1. The number of hydrogen-bond acceptors (Lipinski definition) is 4. The second kappa shape index (κ2) is 5.37. The van der Waals surface area contributed by atoms with Gasteiger partial charge < -0.3 is 5.11 Å². The maximum atomic E-state index is 10.8. The molecule has 0 unspecified atom stereocenters. The summed E-state index contributed by atoms with van der Waals surface area (Å²) >= 11 is 6.88. The highest BCUT2D eigenvalue weighted by molar-refractivity contribution is 8.12. The summed E-state index contributed by atoms with van der Waals surface area (Å²) in [4.78, 5) is 14.9. The van der Waals surface area contributed by atoms with Crippen LogP contribution >= 0.6 is 23.4 Å². The van der Waals surface area contributed by atoms with Crippen LogP contribution in [0.2, 0.25) is 0 Å². The molecule has 1 aromatic rings. The third-order valence-electron chi connectivity index (χ3n) is 1.99. The maximum Gasteiger partial charge on any atom is 0.186 e. The SMILES string of the molecule is CC(=O)SCc1c(CCl)cnc(C)c1O. The molecule has 1 aromatic heterocycles. The van der Waals surface area contributed by atoms with Crippen molar-refractivity contribution in [2.45, 2.75) is 25.5 Å². The number of halogens is 1. The highest BCUT2D eigenvalue weighted by Gasteiger charge is 2.11. The molecule has 0 radical (unpaired) electrons. The van der Waals surface area contributed by atoms with Gasteiger partial charge in [-0.15, -0.1) is 11.6 Å². The van der Waals surface area contributed by atoms with Crippen molar-refractivity contribution in [2.24, 2.45) is 0 Å². The predicted octanol–water partition coefficient (Wildman–Crippen LogP) is 2.61. The molecular weight excluding hydrogens is 234 g/mol. The van der Waals surface area contributed by atoms with E-state index in [1.165, 1.54) is 6.92 Å². The number of carbonyl (C=O) groups excluding carboxylic acids is 1. The fraction of sp³-hybridized carbons (Fsp3) is 0.400. The van der Waals surface area contributed by atoms with E-state index in [4.69, 9.17) is 11.6 Å². The molecule has 0 bridgehead atoms. The van der Waals surface area contributed by atoms with Gasteiger partial charge in [0.25, 0.3) is 0 Å². The van der Waals surface area contributed by atoms with Crippen LogP contribution in [-0.2, 0) is 16.4 Å². The van der Waals surface area contributed by atoms with Crippen molar-refractivity contribution < 1.29 is 9.90 Å². The van der Waals surface area contributed by atoms with E-state index in [2.05, 4.69) is 4.98 Å². The zero-order chi connectivity index (χ0) is 11.4. The molecular formula is C10H12ClNO2S. The Morgan fingerprint density at radius 2 is 2.33 bits per heavy atom. The Kier molecular flexibility index (Phi) is 4.42. The van der Waals surface area contributed by atoms with Crippen LogP contribution in [0.3, 0.4) is 0 Å². The molecule has 82 valence electrons. The van der Waals surface area contributed by atoms with Crippen LogP contribution in [0, 0.1) is 6.92 Å². The second-order valence-corrected chi connectivity index (χ2v) is 4.53. The minimum Gasteiger partial charge on any atom is -0.506 e. The van der Waals surface area contributed by atoms with Crippen molar-refractivity contribution in [3.63, 3.8) is 0 Å². The maximum absolute atomic E-state index is 10.8. The van der Waals surface area contributed by atoms with Crippen molar-refractivity contribution in [3.05, 3.63) is 23.0 Å². The van der Waals surface area contributed by atoms with Gasteiger partial charge in [0.05, 0.1) is 5.69 Å². The monoisotopic (exact) mass is 245 g/mol. The molecule has 0 aromatic carbocycles. The first kappa shape index (κ1) is 12.3. The standard InChI is InChI=1S/C10H12ClNO2S/c1-6-10(14)9(5-15-7(2)13)8(3-11)4-12-6/h4,14H,3,5H2,1-2H3. The molecule has 0 spiro atoms. The third-order valence-corrected chi connectivity index (χ3v) is 3.12. The summed E-state index contributed by atoms with van der Waals surface area (Å²) in [5, 5.41) is 9.79. The lowest BCUT2D eigenvalue weighted by molar-refractivity contribution is -0.109. The molecule has 0 amide bonds. The average molecular weight is 246 g/mol. The quantitative estimate of drug-likeness (QED) is 0.832. The third kappa shape index (κ3) is 3.11. The van der Waals surface area contributed by atoms with E-state index in [1.54, 1.807) is 13.1 Å². The summed E-state index contributed by atoms with van der Waals surface area (Å²) in [7, 11) is 0. The molecule has 0 saturated heterocycles. The van der Waals surface area contributed by atoms with Crippen molar-refractivity contribution >= 4 is 28.5 Å². The highest BCUT2D eigenvalue weighted by atomic mass is 35.5. The number of rotatable bonds is 3. The van der Waals surface area contributed by atoms with Crippen molar-refractivity contribution in [1.82, 2.24) is 4.98 Å². The van der Waals surface area contributed by atoms with Crippen molar-refractivity contribution in [2.75, 3.05) is 0 Å². The molecule has 0 fully saturated rings. The topological polar surface area (TPSA) is 50.2 Å². The molecule has 0 aliphatic rings. The average Bonchev–Trinajstić information content (AvgIpc) is 2.20. The molecule has 5 heteroatoms. The largest absolute Gasteiger partial charge is 0.506 e. The lowest BCUT2D eigenvalue weighted by atomic mass is 10.1. The summed E-state index contributed by atoms with van der Waals surface area (Å²) in [6.45, 7) is 3.21. The number of alkyl halides is 1. The fourth-order valence-electron chi connectivity index (χ4n) is 1.13. The van der Waals surface area contributed by atoms with E-state index in [-0.39, 0.29) is 16.7 Å². The van der Waals surface area contributed by atoms with Gasteiger partial charge in [0, 0.05) is 30.3 Å². The number of thioether (sulfide) groups is 1. The Balaban J connectivity index is 3.01. The minimum absolute atomic E-state index is 0.0180. The van der Waals surface area contributed by atoms with Gasteiger partial charge in [0.15, 0.2) is 5.12 Å². The van der Waals surface area contributed by atoms with Gasteiger partial charge in [-0.2, -0.15) is 0 Å².